The molecule has 0 aliphatic heterocycles. The lowest BCUT2D eigenvalue weighted by molar-refractivity contribution is -0.274. The molecular formula is C13H16F3NO4S. The summed E-state index contributed by atoms with van der Waals surface area (Å²) >= 11 is -1.71. The van der Waals surface area contributed by atoms with Gasteiger partial charge in [-0.2, -0.15) is 0 Å². The Bertz CT molecular complexity index is 531. The normalized spacial score (nSPS) is 15.2. The molecule has 2 atom stereocenters. The zero-order valence-corrected chi connectivity index (χ0v) is 12.9. The lowest BCUT2D eigenvalue weighted by atomic mass is 10.1. The second-order valence-electron chi connectivity index (χ2n) is 5.39. The molecule has 0 amide bonds. The number of carbonyl (C=O) groups is 1. The summed E-state index contributed by atoms with van der Waals surface area (Å²) in [5.74, 6) is -1.90. The van der Waals surface area contributed by atoms with Crippen LogP contribution in [-0.2, 0) is 16.2 Å². The molecule has 5 nitrogen and oxygen atoms in total. The molecule has 9 heteroatoms. The molecule has 0 saturated carbocycles. The summed E-state index contributed by atoms with van der Waals surface area (Å²) in [5.41, 5.74) is 0.00634. The molecule has 1 rings (SSSR count). The second-order valence-corrected chi connectivity index (χ2v) is 7.39. The number of carboxylic acids is 1. The summed E-state index contributed by atoms with van der Waals surface area (Å²) in [6, 6.07) is 3.12. The van der Waals surface area contributed by atoms with E-state index >= 15 is 0 Å². The largest absolute Gasteiger partial charge is 0.598 e. The van der Waals surface area contributed by atoms with Crippen LogP contribution in [0.1, 0.15) is 32.4 Å². The predicted octanol–water partition coefficient (Wildman–Crippen LogP) is 2.76. The fraction of sp³-hybridized carbons (Fsp3) is 0.462. The highest BCUT2D eigenvalue weighted by molar-refractivity contribution is 7.90. The van der Waals surface area contributed by atoms with Gasteiger partial charge in [0.05, 0.1) is 0 Å². The van der Waals surface area contributed by atoms with Crippen LogP contribution < -0.4 is 9.46 Å². The maximum atomic E-state index is 12.2. The van der Waals surface area contributed by atoms with E-state index in [0.29, 0.717) is 0 Å². The summed E-state index contributed by atoms with van der Waals surface area (Å²) in [6.07, 6.45) is -4.88. The van der Waals surface area contributed by atoms with Crippen molar-refractivity contribution in [3.05, 3.63) is 29.8 Å². The third kappa shape index (κ3) is 5.74. The minimum Gasteiger partial charge on any atom is -0.598 e. The summed E-state index contributed by atoms with van der Waals surface area (Å²) in [6.45, 7) is 4.91. The Labute approximate surface area is 128 Å². The Morgan fingerprint density at radius 2 is 1.95 bits per heavy atom. The van der Waals surface area contributed by atoms with E-state index < -0.39 is 40.2 Å². The van der Waals surface area contributed by atoms with Gasteiger partial charge < -0.3 is 14.4 Å². The van der Waals surface area contributed by atoms with Crippen LogP contribution in [0.25, 0.3) is 0 Å². The fourth-order valence-electron chi connectivity index (χ4n) is 1.44. The molecule has 2 N–H and O–H groups in total. The van der Waals surface area contributed by atoms with E-state index in [0.717, 1.165) is 12.1 Å². The number of halogens is 3. The molecule has 0 aromatic heterocycles. The molecule has 0 radical (unpaired) electrons. The molecule has 1 aromatic carbocycles. The highest BCUT2D eigenvalue weighted by atomic mass is 32.2. The molecule has 22 heavy (non-hydrogen) atoms. The average Bonchev–Trinajstić information content (AvgIpc) is 2.32. The number of ether oxygens (including phenoxy) is 1. The van der Waals surface area contributed by atoms with Crippen LogP contribution in [-0.4, -0.2) is 26.7 Å². The maximum absolute atomic E-state index is 12.2. The van der Waals surface area contributed by atoms with Crippen LogP contribution in [0, 0.1) is 0 Å². The average molecular weight is 339 g/mol. The lowest BCUT2D eigenvalue weighted by Crippen LogP contribution is -2.43. The van der Waals surface area contributed by atoms with Gasteiger partial charge in [-0.25, -0.2) is 4.79 Å². The number of hydrogen-bond acceptors (Lipinski definition) is 4. The Kier molecular flexibility index (Phi) is 5.71. The van der Waals surface area contributed by atoms with Gasteiger partial charge in [0.2, 0.25) is 0 Å². The van der Waals surface area contributed by atoms with Crippen molar-refractivity contribution in [3.8, 4) is 5.75 Å². The van der Waals surface area contributed by atoms with E-state index in [9.17, 15) is 27.6 Å². The monoisotopic (exact) mass is 339 g/mol. The first-order chi connectivity index (χ1) is 9.90. The summed E-state index contributed by atoms with van der Waals surface area (Å²) in [5, 5.41) is 9.20. The Morgan fingerprint density at radius 1 is 1.36 bits per heavy atom. The van der Waals surface area contributed by atoms with Gasteiger partial charge in [0.1, 0.15) is 10.5 Å². The van der Waals surface area contributed by atoms with Gasteiger partial charge in [-0.3, -0.25) is 0 Å². The number of carboxylic acid groups (broad SMARTS) is 1. The van der Waals surface area contributed by atoms with Crippen molar-refractivity contribution in [2.75, 3.05) is 0 Å². The van der Waals surface area contributed by atoms with Crippen LogP contribution >= 0.6 is 0 Å². The van der Waals surface area contributed by atoms with E-state index in [1.165, 1.54) is 12.1 Å². The first-order valence-corrected chi connectivity index (χ1v) is 7.32. The first-order valence-electron chi connectivity index (χ1n) is 6.17. The van der Waals surface area contributed by atoms with Crippen molar-refractivity contribution < 1.29 is 32.4 Å². The van der Waals surface area contributed by atoms with Crippen molar-refractivity contribution in [1.82, 2.24) is 4.72 Å². The van der Waals surface area contributed by atoms with Gasteiger partial charge >= 0.3 is 12.3 Å². The molecule has 0 bridgehead atoms. The lowest BCUT2D eigenvalue weighted by Gasteiger charge is -2.26. The fourth-order valence-corrected chi connectivity index (χ4v) is 2.24. The molecule has 0 aliphatic carbocycles. The molecule has 1 aromatic rings. The quantitative estimate of drug-likeness (QED) is 0.806. The smallest absolute Gasteiger partial charge is 0.573 e. The van der Waals surface area contributed by atoms with E-state index in [2.05, 4.69) is 9.46 Å². The Balaban J connectivity index is 3.02. The van der Waals surface area contributed by atoms with Gasteiger partial charge in [-0.1, -0.05) is 12.1 Å². The van der Waals surface area contributed by atoms with Gasteiger partial charge in [0, 0.05) is 11.4 Å². The van der Waals surface area contributed by atoms with E-state index in [1.807, 2.05) is 0 Å². The van der Waals surface area contributed by atoms with Gasteiger partial charge in [-0.15, -0.1) is 17.9 Å². The van der Waals surface area contributed by atoms with Gasteiger partial charge in [0.25, 0.3) is 0 Å². The zero-order valence-electron chi connectivity index (χ0n) is 12.1. The maximum Gasteiger partial charge on any atom is 0.573 e. The molecular weight excluding hydrogens is 323 g/mol. The number of rotatable bonds is 5. The van der Waals surface area contributed by atoms with Gasteiger partial charge in [0.15, 0.2) is 6.04 Å². The Morgan fingerprint density at radius 3 is 2.41 bits per heavy atom. The van der Waals surface area contributed by atoms with Crippen molar-refractivity contribution in [2.45, 2.75) is 37.9 Å². The first kappa shape index (κ1) is 18.6. The molecule has 0 heterocycles. The van der Waals surface area contributed by atoms with Crippen LogP contribution in [0.5, 0.6) is 5.75 Å². The van der Waals surface area contributed by atoms with Crippen molar-refractivity contribution >= 4 is 17.3 Å². The highest BCUT2D eigenvalue weighted by Gasteiger charge is 2.34. The summed E-state index contributed by atoms with van der Waals surface area (Å²) in [4.78, 5) is 11.3. The van der Waals surface area contributed by atoms with Crippen LogP contribution in [0.4, 0.5) is 13.2 Å². The standard InChI is InChI=1S/C13H16F3NO4S/c1-12(2,3)22(20)17-10(11(18)19)8-5-4-6-9(7-8)21-13(14,15)16/h4-7,10,17H,1-3H3,(H,18,19). The van der Waals surface area contributed by atoms with Crippen LogP contribution in [0.3, 0.4) is 0 Å². The SMILES string of the molecule is CC(C)(C)[S+]([O-])NC(C(=O)O)c1cccc(OC(F)(F)F)c1. The third-order valence-corrected chi connectivity index (χ3v) is 4.02. The summed E-state index contributed by atoms with van der Waals surface area (Å²) < 4.78 is 54.0. The number of nitrogens with one attached hydrogen (secondary N) is 1. The van der Waals surface area contributed by atoms with Crippen molar-refractivity contribution in [3.63, 3.8) is 0 Å². The number of aliphatic carboxylic acids is 1. The molecule has 0 fully saturated rings. The van der Waals surface area contributed by atoms with Crippen molar-refractivity contribution in [2.24, 2.45) is 0 Å². The molecule has 0 spiro atoms. The second kappa shape index (κ2) is 6.76. The molecule has 0 aliphatic rings. The van der Waals surface area contributed by atoms with E-state index in [1.54, 1.807) is 20.8 Å². The van der Waals surface area contributed by atoms with Crippen LogP contribution in [0.2, 0.25) is 0 Å². The molecule has 124 valence electrons. The number of alkyl halides is 3. The highest BCUT2D eigenvalue weighted by Crippen LogP contribution is 2.27. The molecule has 0 saturated heterocycles. The van der Waals surface area contributed by atoms with Gasteiger partial charge in [-0.05, 0) is 38.5 Å². The third-order valence-electron chi connectivity index (χ3n) is 2.45. The minimum atomic E-state index is -4.88. The van der Waals surface area contributed by atoms with Crippen LogP contribution in [0.15, 0.2) is 24.3 Å². The topological polar surface area (TPSA) is 81.6 Å². The summed E-state index contributed by atoms with van der Waals surface area (Å²) in [7, 11) is 0. The predicted molar refractivity (Wildman–Crippen MR) is 74.5 cm³/mol. The van der Waals surface area contributed by atoms with E-state index in [4.69, 9.17) is 0 Å². The minimum absolute atomic E-state index is 0.00634. The Hall–Kier alpha value is -1.45. The number of benzene rings is 1. The zero-order chi connectivity index (χ0) is 17.1. The van der Waals surface area contributed by atoms with Crippen molar-refractivity contribution in [1.29, 1.82) is 0 Å². The molecule has 2 unspecified atom stereocenters. The number of hydrogen-bond donors (Lipinski definition) is 2. The van der Waals surface area contributed by atoms with E-state index in [-0.39, 0.29) is 5.56 Å².